The molecule has 0 aliphatic heterocycles. The standard InChI is InChI=1S/C22H30N2O4/c1-13(2)18(16-3-5-17(6-4-16)19(25)24-28)23-20(26)21-8-14-7-15(9-21)11-22(27,10-14)12-21/h3-6,13-15,18,27-28H,7-12H2,1-2H3,(H,23,26)(H,24,25)/t14?,15?,18-,21?,22?/m1/s1. The molecule has 4 fully saturated rings. The Morgan fingerprint density at radius 2 is 1.68 bits per heavy atom. The van der Waals surface area contributed by atoms with E-state index in [-0.39, 0.29) is 17.9 Å². The van der Waals surface area contributed by atoms with Gasteiger partial charge in [0.15, 0.2) is 0 Å². The van der Waals surface area contributed by atoms with Crippen LogP contribution in [0.2, 0.25) is 0 Å². The third-order valence-corrected chi connectivity index (χ3v) is 7.10. The number of carbonyl (C=O) groups is 2. The van der Waals surface area contributed by atoms with Gasteiger partial charge in [-0.2, -0.15) is 0 Å². The number of nitrogens with one attached hydrogen (secondary N) is 2. The smallest absolute Gasteiger partial charge is 0.274 e. The summed E-state index contributed by atoms with van der Waals surface area (Å²) in [5, 5.41) is 23.0. The first-order valence-corrected chi connectivity index (χ1v) is 10.3. The van der Waals surface area contributed by atoms with Crippen molar-refractivity contribution in [1.82, 2.24) is 10.8 Å². The number of amides is 2. The molecule has 0 heterocycles. The van der Waals surface area contributed by atoms with Crippen molar-refractivity contribution < 1.29 is 19.9 Å². The van der Waals surface area contributed by atoms with E-state index >= 15 is 0 Å². The van der Waals surface area contributed by atoms with Crippen LogP contribution < -0.4 is 10.8 Å². The van der Waals surface area contributed by atoms with Gasteiger partial charge in [0.05, 0.1) is 17.1 Å². The fourth-order valence-corrected chi connectivity index (χ4v) is 6.32. The van der Waals surface area contributed by atoms with Crippen LogP contribution in [0.4, 0.5) is 0 Å². The lowest BCUT2D eigenvalue weighted by atomic mass is 9.47. The topological polar surface area (TPSA) is 98.7 Å². The number of rotatable bonds is 5. The Hall–Kier alpha value is -1.92. The second-order valence-electron chi connectivity index (χ2n) is 9.72. The molecule has 2 unspecified atom stereocenters. The Kier molecular flexibility index (Phi) is 4.74. The Labute approximate surface area is 165 Å². The van der Waals surface area contributed by atoms with Gasteiger partial charge in [0, 0.05) is 5.56 Å². The molecule has 4 aliphatic rings. The monoisotopic (exact) mass is 386 g/mol. The van der Waals surface area contributed by atoms with Crippen LogP contribution in [0.15, 0.2) is 24.3 Å². The SMILES string of the molecule is CC(C)[C@@H](NC(=O)C12CC3CC(CC(O)(C3)C1)C2)c1ccc(C(=O)NO)cc1. The zero-order valence-electron chi connectivity index (χ0n) is 16.6. The molecule has 1 aromatic carbocycles. The second kappa shape index (κ2) is 6.85. The van der Waals surface area contributed by atoms with Crippen molar-refractivity contribution in [2.45, 2.75) is 64.0 Å². The third kappa shape index (κ3) is 3.33. The zero-order valence-corrected chi connectivity index (χ0v) is 16.6. The van der Waals surface area contributed by atoms with Crippen LogP contribution in [0, 0.1) is 23.2 Å². The van der Waals surface area contributed by atoms with E-state index in [4.69, 9.17) is 5.21 Å². The maximum absolute atomic E-state index is 13.4. The van der Waals surface area contributed by atoms with Crippen molar-refractivity contribution >= 4 is 11.8 Å². The van der Waals surface area contributed by atoms with E-state index in [2.05, 4.69) is 19.2 Å². The maximum atomic E-state index is 13.4. The van der Waals surface area contributed by atoms with Gasteiger partial charge in [0.2, 0.25) is 5.91 Å². The lowest BCUT2D eigenvalue weighted by molar-refractivity contribution is -0.178. The van der Waals surface area contributed by atoms with E-state index in [0.29, 0.717) is 23.8 Å². The fraction of sp³-hybridized carbons (Fsp3) is 0.636. The predicted molar refractivity (Wildman–Crippen MR) is 103 cm³/mol. The molecule has 4 aliphatic carbocycles. The Balaban J connectivity index is 1.54. The molecule has 28 heavy (non-hydrogen) atoms. The van der Waals surface area contributed by atoms with Crippen LogP contribution in [-0.4, -0.2) is 27.7 Å². The molecule has 4 saturated carbocycles. The van der Waals surface area contributed by atoms with Crippen molar-refractivity contribution in [3.8, 4) is 0 Å². The van der Waals surface area contributed by atoms with Crippen molar-refractivity contribution in [2.75, 3.05) is 0 Å². The summed E-state index contributed by atoms with van der Waals surface area (Å²) in [5.41, 5.74) is 1.83. The van der Waals surface area contributed by atoms with Crippen molar-refractivity contribution in [2.24, 2.45) is 23.2 Å². The minimum absolute atomic E-state index is 0.0657. The molecular weight excluding hydrogens is 356 g/mol. The first-order chi connectivity index (χ1) is 13.2. The summed E-state index contributed by atoms with van der Waals surface area (Å²) >= 11 is 0. The lowest BCUT2D eigenvalue weighted by Crippen LogP contribution is -2.60. The molecular formula is C22H30N2O4. The molecule has 5 rings (SSSR count). The Morgan fingerprint density at radius 1 is 1.07 bits per heavy atom. The normalized spacial score (nSPS) is 34.3. The first-order valence-electron chi connectivity index (χ1n) is 10.3. The highest BCUT2D eigenvalue weighted by molar-refractivity contribution is 5.93. The van der Waals surface area contributed by atoms with Gasteiger partial charge in [-0.1, -0.05) is 26.0 Å². The second-order valence-corrected chi connectivity index (χ2v) is 9.72. The number of hydrogen-bond donors (Lipinski definition) is 4. The van der Waals surface area contributed by atoms with Gasteiger partial charge in [0.25, 0.3) is 5.91 Å². The molecule has 0 radical (unpaired) electrons. The average molecular weight is 386 g/mol. The van der Waals surface area contributed by atoms with Gasteiger partial charge in [0.1, 0.15) is 0 Å². The molecule has 152 valence electrons. The van der Waals surface area contributed by atoms with Gasteiger partial charge in [-0.3, -0.25) is 14.8 Å². The molecule has 0 aromatic heterocycles. The van der Waals surface area contributed by atoms with Crippen molar-refractivity contribution in [3.05, 3.63) is 35.4 Å². The molecule has 2 amide bonds. The minimum atomic E-state index is -0.659. The summed E-state index contributed by atoms with van der Waals surface area (Å²) in [4.78, 5) is 25.0. The van der Waals surface area contributed by atoms with Crippen LogP contribution in [0.1, 0.15) is 74.3 Å². The van der Waals surface area contributed by atoms with Crippen LogP contribution >= 0.6 is 0 Å². The number of aliphatic hydroxyl groups is 1. The van der Waals surface area contributed by atoms with E-state index in [9.17, 15) is 14.7 Å². The number of hydroxylamine groups is 1. The summed E-state index contributed by atoms with van der Waals surface area (Å²) in [5.74, 6) is 0.615. The highest BCUT2D eigenvalue weighted by Crippen LogP contribution is 2.61. The van der Waals surface area contributed by atoms with Crippen LogP contribution in [-0.2, 0) is 4.79 Å². The van der Waals surface area contributed by atoms with Crippen molar-refractivity contribution in [3.63, 3.8) is 0 Å². The predicted octanol–water partition coefficient (Wildman–Crippen LogP) is 2.95. The van der Waals surface area contributed by atoms with Crippen LogP contribution in [0.3, 0.4) is 0 Å². The van der Waals surface area contributed by atoms with Crippen LogP contribution in [0.25, 0.3) is 0 Å². The summed E-state index contributed by atoms with van der Waals surface area (Å²) < 4.78 is 0. The molecule has 4 bridgehead atoms. The highest BCUT2D eigenvalue weighted by atomic mass is 16.5. The maximum Gasteiger partial charge on any atom is 0.274 e. The van der Waals surface area contributed by atoms with Crippen LogP contribution in [0.5, 0.6) is 0 Å². The van der Waals surface area contributed by atoms with Gasteiger partial charge in [-0.25, -0.2) is 5.48 Å². The Bertz CT molecular complexity index is 759. The largest absolute Gasteiger partial charge is 0.390 e. The highest BCUT2D eigenvalue weighted by Gasteiger charge is 2.60. The molecule has 1 aromatic rings. The number of carbonyl (C=O) groups excluding carboxylic acids is 2. The summed E-state index contributed by atoms with van der Waals surface area (Å²) in [6, 6.07) is 6.78. The summed E-state index contributed by atoms with van der Waals surface area (Å²) in [6.45, 7) is 4.12. The van der Waals surface area contributed by atoms with E-state index in [0.717, 1.165) is 37.7 Å². The van der Waals surface area contributed by atoms with Gasteiger partial charge in [-0.05, 0) is 74.0 Å². The van der Waals surface area contributed by atoms with Gasteiger partial charge in [-0.15, -0.1) is 0 Å². The first kappa shape index (κ1) is 19.4. The number of benzene rings is 1. The Morgan fingerprint density at radius 3 is 2.18 bits per heavy atom. The fourth-order valence-electron chi connectivity index (χ4n) is 6.32. The summed E-state index contributed by atoms with van der Waals surface area (Å²) in [7, 11) is 0. The lowest BCUT2D eigenvalue weighted by Gasteiger charge is -2.59. The van der Waals surface area contributed by atoms with E-state index in [1.54, 1.807) is 17.6 Å². The van der Waals surface area contributed by atoms with Gasteiger partial charge >= 0.3 is 0 Å². The molecule has 3 atom stereocenters. The molecule has 0 saturated heterocycles. The summed E-state index contributed by atoms with van der Waals surface area (Å²) in [6.07, 6.45) is 5.20. The quantitative estimate of drug-likeness (QED) is 0.462. The molecule has 4 N–H and O–H groups in total. The number of hydrogen-bond acceptors (Lipinski definition) is 4. The zero-order chi connectivity index (χ0) is 20.1. The van der Waals surface area contributed by atoms with E-state index in [1.807, 2.05) is 12.1 Å². The molecule has 6 heteroatoms. The van der Waals surface area contributed by atoms with Crippen molar-refractivity contribution in [1.29, 1.82) is 0 Å². The van der Waals surface area contributed by atoms with Gasteiger partial charge < -0.3 is 10.4 Å². The average Bonchev–Trinajstić information content (AvgIpc) is 2.63. The minimum Gasteiger partial charge on any atom is -0.390 e. The molecule has 0 spiro atoms. The van der Waals surface area contributed by atoms with E-state index in [1.165, 1.54) is 0 Å². The van der Waals surface area contributed by atoms with E-state index < -0.39 is 16.9 Å². The third-order valence-electron chi connectivity index (χ3n) is 7.10. The molecule has 6 nitrogen and oxygen atoms in total.